The third-order valence-corrected chi connectivity index (χ3v) is 2.77. The van der Waals surface area contributed by atoms with E-state index in [4.69, 9.17) is 10.00 Å². The first-order valence-corrected chi connectivity index (χ1v) is 6.28. The quantitative estimate of drug-likeness (QED) is 0.938. The number of hydrogen-bond donors (Lipinski definition) is 1. The van der Waals surface area contributed by atoms with E-state index in [-0.39, 0.29) is 12.4 Å². The molecule has 0 spiro atoms. The van der Waals surface area contributed by atoms with Gasteiger partial charge in [-0.25, -0.2) is 4.39 Å². The standard InChI is InChI=1S/C16H13FN2O2/c1-11-6-7-13(17)15(8-11)21-10-16(20)19-14-5-3-2-4-12(14)9-18/h2-8H,10H2,1H3,(H,19,20). The Kier molecular flexibility index (Phi) is 4.52. The van der Waals surface area contributed by atoms with Crippen LogP contribution in [0.15, 0.2) is 42.5 Å². The number of nitrogens with zero attached hydrogens (tertiary/aromatic N) is 1. The summed E-state index contributed by atoms with van der Waals surface area (Å²) in [5.74, 6) is -0.955. The number of halogens is 1. The topological polar surface area (TPSA) is 62.1 Å². The zero-order valence-corrected chi connectivity index (χ0v) is 11.4. The van der Waals surface area contributed by atoms with Crippen molar-refractivity contribution < 1.29 is 13.9 Å². The second-order valence-electron chi connectivity index (χ2n) is 4.43. The van der Waals surface area contributed by atoms with E-state index in [1.54, 1.807) is 37.3 Å². The molecule has 1 N–H and O–H groups in total. The summed E-state index contributed by atoms with van der Waals surface area (Å²) in [5.41, 5.74) is 1.59. The van der Waals surface area contributed by atoms with Crippen molar-refractivity contribution in [2.75, 3.05) is 11.9 Å². The maximum atomic E-state index is 13.5. The first-order chi connectivity index (χ1) is 10.1. The van der Waals surface area contributed by atoms with Gasteiger partial charge in [-0.1, -0.05) is 18.2 Å². The largest absolute Gasteiger partial charge is 0.481 e. The summed E-state index contributed by atoms with van der Waals surface area (Å²) < 4.78 is 18.6. The van der Waals surface area contributed by atoms with Crippen molar-refractivity contribution in [2.24, 2.45) is 0 Å². The molecule has 2 aromatic rings. The van der Waals surface area contributed by atoms with Crippen LogP contribution in [-0.4, -0.2) is 12.5 Å². The minimum absolute atomic E-state index is 0.0266. The summed E-state index contributed by atoms with van der Waals surface area (Å²) >= 11 is 0. The average Bonchev–Trinajstić information content (AvgIpc) is 2.49. The minimum atomic E-state index is -0.522. The first kappa shape index (κ1) is 14.5. The van der Waals surface area contributed by atoms with Gasteiger partial charge in [0.05, 0.1) is 11.3 Å². The molecule has 0 heterocycles. The number of carbonyl (C=O) groups excluding carboxylic acids is 1. The number of aryl methyl sites for hydroxylation is 1. The third kappa shape index (κ3) is 3.80. The van der Waals surface area contributed by atoms with Gasteiger partial charge < -0.3 is 10.1 Å². The van der Waals surface area contributed by atoms with Gasteiger partial charge in [-0.05, 0) is 36.8 Å². The van der Waals surface area contributed by atoms with E-state index in [0.717, 1.165) is 5.56 Å². The SMILES string of the molecule is Cc1ccc(F)c(OCC(=O)Nc2ccccc2C#N)c1. The molecule has 0 aliphatic carbocycles. The van der Waals surface area contributed by atoms with Gasteiger partial charge >= 0.3 is 0 Å². The van der Waals surface area contributed by atoms with Gasteiger partial charge in [-0.15, -0.1) is 0 Å². The van der Waals surface area contributed by atoms with Crippen LogP contribution in [0.3, 0.4) is 0 Å². The lowest BCUT2D eigenvalue weighted by Crippen LogP contribution is -2.21. The Morgan fingerprint density at radius 3 is 2.86 bits per heavy atom. The number of ether oxygens (including phenoxy) is 1. The highest BCUT2D eigenvalue weighted by molar-refractivity contribution is 5.93. The second kappa shape index (κ2) is 6.53. The number of carbonyl (C=O) groups is 1. The predicted octanol–water partition coefficient (Wildman–Crippen LogP) is 3.02. The third-order valence-electron chi connectivity index (χ3n) is 2.77. The molecule has 4 nitrogen and oxygen atoms in total. The van der Waals surface area contributed by atoms with Crippen molar-refractivity contribution >= 4 is 11.6 Å². The summed E-state index contributed by atoms with van der Waals surface area (Å²) in [5, 5.41) is 11.5. The summed E-state index contributed by atoms with van der Waals surface area (Å²) in [4.78, 5) is 11.8. The molecule has 2 aromatic carbocycles. The van der Waals surface area contributed by atoms with E-state index in [2.05, 4.69) is 5.32 Å². The van der Waals surface area contributed by atoms with Gasteiger partial charge in [0.15, 0.2) is 18.2 Å². The molecule has 0 aromatic heterocycles. The van der Waals surface area contributed by atoms with Crippen LogP contribution in [0.4, 0.5) is 10.1 Å². The van der Waals surface area contributed by atoms with Crippen LogP contribution in [0.5, 0.6) is 5.75 Å². The summed E-state index contributed by atoms with van der Waals surface area (Å²) in [7, 11) is 0. The molecule has 0 fully saturated rings. The van der Waals surface area contributed by atoms with Crippen LogP contribution in [0.1, 0.15) is 11.1 Å². The van der Waals surface area contributed by atoms with E-state index in [1.165, 1.54) is 12.1 Å². The number of benzene rings is 2. The van der Waals surface area contributed by atoms with Gasteiger partial charge in [0, 0.05) is 0 Å². The van der Waals surface area contributed by atoms with Gasteiger partial charge in [0.25, 0.3) is 5.91 Å². The molecule has 0 atom stereocenters. The summed E-state index contributed by atoms with van der Waals surface area (Å²) in [6.45, 7) is 1.47. The maximum absolute atomic E-state index is 13.5. The number of anilines is 1. The average molecular weight is 284 g/mol. The fourth-order valence-corrected chi connectivity index (χ4v) is 1.74. The van der Waals surface area contributed by atoms with Crippen molar-refractivity contribution in [1.82, 2.24) is 0 Å². The molecule has 0 bridgehead atoms. The first-order valence-electron chi connectivity index (χ1n) is 6.28. The van der Waals surface area contributed by atoms with Crippen LogP contribution in [0, 0.1) is 24.1 Å². The van der Waals surface area contributed by atoms with Crippen molar-refractivity contribution in [3.63, 3.8) is 0 Å². The number of nitrogens with one attached hydrogen (secondary N) is 1. The van der Waals surface area contributed by atoms with E-state index < -0.39 is 11.7 Å². The van der Waals surface area contributed by atoms with Crippen LogP contribution in [0.2, 0.25) is 0 Å². The van der Waals surface area contributed by atoms with E-state index >= 15 is 0 Å². The van der Waals surface area contributed by atoms with E-state index in [0.29, 0.717) is 11.3 Å². The highest BCUT2D eigenvalue weighted by atomic mass is 19.1. The minimum Gasteiger partial charge on any atom is -0.481 e. The monoisotopic (exact) mass is 284 g/mol. The number of hydrogen-bond acceptors (Lipinski definition) is 3. The molecule has 106 valence electrons. The lowest BCUT2D eigenvalue weighted by atomic mass is 10.2. The Labute approximate surface area is 121 Å². The van der Waals surface area contributed by atoms with E-state index in [1.807, 2.05) is 6.07 Å². The molecule has 0 saturated heterocycles. The van der Waals surface area contributed by atoms with E-state index in [9.17, 15) is 9.18 Å². The highest BCUT2D eigenvalue weighted by Gasteiger charge is 2.09. The molecule has 0 aliphatic rings. The predicted molar refractivity (Wildman–Crippen MR) is 76.4 cm³/mol. The Balaban J connectivity index is 2.00. The van der Waals surface area contributed by atoms with Crippen LogP contribution in [-0.2, 0) is 4.79 Å². The van der Waals surface area contributed by atoms with Crippen LogP contribution in [0.25, 0.3) is 0 Å². The zero-order chi connectivity index (χ0) is 15.2. The number of amides is 1. The van der Waals surface area contributed by atoms with Crippen LogP contribution >= 0.6 is 0 Å². The smallest absolute Gasteiger partial charge is 0.262 e. The van der Waals surface area contributed by atoms with Crippen molar-refractivity contribution in [1.29, 1.82) is 5.26 Å². The molecule has 0 aliphatic heterocycles. The molecule has 2 rings (SSSR count). The molecule has 0 unspecified atom stereocenters. The Hall–Kier alpha value is -2.87. The number of para-hydroxylation sites is 1. The van der Waals surface area contributed by atoms with Gasteiger partial charge in [0.2, 0.25) is 0 Å². The molecule has 0 saturated carbocycles. The summed E-state index contributed by atoms with van der Waals surface area (Å²) in [6, 6.07) is 13.0. The molecule has 0 radical (unpaired) electrons. The lowest BCUT2D eigenvalue weighted by molar-refractivity contribution is -0.118. The second-order valence-corrected chi connectivity index (χ2v) is 4.43. The van der Waals surface area contributed by atoms with Crippen molar-refractivity contribution in [2.45, 2.75) is 6.92 Å². The fourth-order valence-electron chi connectivity index (χ4n) is 1.74. The highest BCUT2D eigenvalue weighted by Crippen LogP contribution is 2.18. The van der Waals surface area contributed by atoms with Gasteiger partial charge in [0.1, 0.15) is 6.07 Å². The molecular formula is C16H13FN2O2. The Morgan fingerprint density at radius 1 is 1.33 bits per heavy atom. The Bertz CT molecular complexity index is 708. The Morgan fingerprint density at radius 2 is 2.10 bits per heavy atom. The van der Waals surface area contributed by atoms with Gasteiger partial charge in [-0.3, -0.25) is 4.79 Å². The van der Waals surface area contributed by atoms with Gasteiger partial charge in [-0.2, -0.15) is 5.26 Å². The molecule has 5 heteroatoms. The maximum Gasteiger partial charge on any atom is 0.262 e. The normalized spacial score (nSPS) is 9.76. The lowest BCUT2D eigenvalue weighted by Gasteiger charge is -2.09. The number of rotatable bonds is 4. The molecule has 1 amide bonds. The van der Waals surface area contributed by atoms with Crippen LogP contribution < -0.4 is 10.1 Å². The van der Waals surface area contributed by atoms with Crippen molar-refractivity contribution in [3.05, 3.63) is 59.4 Å². The fraction of sp³-hybridized carbons (Fsp3) is 0.125. The summed E-state index contributed by atoms with van der Waals surface area (Å²) in [6.07, 6.45) is 0. The number of nitriles is 1. The molecule has 21 heavy (non-hydrogen) atoms. The van der Waals surface area contributed by atoms with Crippen molar-refractivity contribution in [3.8, 4) is 11.8 Å². The zero-order valence-electron chi connectivity index (χ0n) is 11.4. The molecular weight excluding hydrogens is 271 g/mol.